The molecule has 5 rings (SSSR count). The van der Waals surface area contributed by atoms with Crippen LogP contribution in [0.25, 0.3) is 22.0 Å². The molecule has 2 bridgehead atoms. The summed E-state index contributed by atoms with van der Waals surface area (Å²) in [5.41, 5.74) is 1.65. The molecule has 166 valence electrons. The predicted octanol–water partition coefficient (Wildman–Crippen LogP) is 4.37. The molecule has 0 aliphatic heterocycles. The van der Waals surface area contributed by atoms with Crippen LogP contribution in [-0.2, 0) is 11.0 Å². The van der Waals surface area contributed by atoms with Crippen LogP contribution < -0.4 is 11.0 Å². The molecule has 2 aromatic heterocycles. The van der Waals surface area contributed by atoms with Crippen molar-refractivity contribution in [2.45, 2.75) is 38.3 Å². The van der Waals surface area contributed by atoms with Gasteiger partial charge >= 0.3 is 6.18 Å². The first-order valence-corrected chi connectivity index (χ1v) is 10.6. The first-order chi connectivity index (χ1) is 15.3. The summed E-state index contributed by atoms with van der Waals surface area (Å²) in [6, 6.07) is 8.78. The summed E-state index contributed by atoms with van der Waals surface area (Å²) in [6.45, 7) is 0. The predicted molar refractivity (Wildman–Crippen MR) is 112 cm³/mol. The van der Waals surface area contributed by atoms with Crippen LogP contribution in [0.5, 0.6) is 0 Å². The van der Waals surface area contributed by atoms with Crippen molar-refractivity contribution >= 4 is 16.7 Å². The normalized spacial score (nSPS) is 22.4. The molecule has 2 saturated carbocycles. The van der Waals surface area contributed by atoms with Crippen LogP contribution >= 0.6 is 0 Å². The molecule has 2 aliphatic carbocycles. The number of pyridine rings is 1. The summed E-state index contributed by atoms with van der Waals surface area (Å²) in [5.74, 6) is 1.31. The van der Waals surface area contributed by atoms with Gasteiger partial charge in [-0.25, -0.2) is 5.43 Å². The fourth-order valence-electron chi connectivity index (χ4n) is 5.21. The lowest BCUT2D eigenvalue weighted by Crippen LogP contribution is -2.36. The van der Waals surface area contributed by atoms with E-state index < -0.39 is 17.4 Å². The molecule has 0 saturated heterocycles. The van der Waals surface area contributed by atoms with Crippen molar-refractivity contribution in [1.82, 2.24) is 14.9 Å². The van der Waals surface area contributed by atoms with Gasteiger partial charge in [-0.05, 0) is 55.2 Å². The molecule has 2 aliphatic rings. The Labute approximate surface area is 181 Å². The molecule has 1 N–H and O–H groups in total. The number of rotatable bonds is 4. The number of hydrogen-bond donors (Lipinski definition) is 1. The molecule has 1 aromatic carbocycles. The van der Waals surface area contributed by atoms with Gasteiger partial charge in [-0.15, -0.1) is 9.89 Å². The highest BCUT2D eigenvalue weighted by molar-refractivity contribution is 5.94. The summed E-state index contributed by atoms with van der Waals surface area (Å²) < 4.78 is 38.7. The van der Waals surface area contributed by atoms with Crippen molar-refractivity contribution in [3.8, 4) is 11.3 Å². The molecule has 0 spiro atoms. The van der Waals surface area contributed by atoms with E-state index in [2.05, 4.69) is 15.5 Å². The molecule has 6 nitrogen and oxygen atoms in total. The number of nitrogens with zero attached hydrogens (tertiary/aromatic N) is 3. The fraction of sp³-hybridized carbons (Fsp3) is 0.391. The Morgan fingerprint density at radius 3 is 2.50 bits per heavy atom. The second kappa shape index (κ2) is 7.72. The van der Waals surface area contributed by atoms with Gasteiger partial charge < -0.3 is 0 Å². The highest BCUT2D eigenvalue weighted by atomic mass is 19.4. The van der Waals surface area contributed by atoms with Crippen molar-refractivity contribution in [1.29, 1.82) is 0 Å². The number of carbonyl (C=O) groups excluding carboxylic acids is 1. The fourth-order valence-corrected chi connectivity index (χ4v) is 5.21. The van der Waals surface area contributed by atoms with E-state index in [0.29, 0.717) is 40.5 Å². The second-order valence-electron chi connectivity index (χ2n) is 8.72. The van der Waals surface area contributed by atoms with E-state index in [4.69, 9.17) is 0 Å². The Morgan fingerprint density at radius 1 is 1.09 bits per heavy atom. The monoisotopic (exact) mass is 442 g/mol. The topological polar surface area (TPSA) is 76.9 Å². The molecule has 3 atom stereocenters. The average Bonchev–Trinajstić information content (AvgIpc) is 3.38. The molecular weight excluding hydrogens is 421 g/mol. The minimum absolute atomic E-state index is 0.265. The Morgan fingerprint density at radius 2 is 1.88 bits per heavy atom. The summed E-state index contributed by atoms with van der Waals surface area (Å²) >= 11 is 0. The largest absolute Gasteiger partial charge is 0.433 e. The van der Waals surface area contributed by atoms with Gasteiger partial charge in [-0.1, -0.05) is 24.6 Å². The van der Waals surface area contributed by atoms with Gasteiger partial charge in [0, 0.05) is 23.6 Å². The lowest BCUT2D eigenvalue weighted by Gasteiger charge is -2.21. The molecule has 0 radical (unpaired) electrons. The molecule has 3 unspecified atom stereocenters. The third-order valence-corrected chi connectivity index (χ3v) is 6.70. The van der Waals surface area contributed by atoms with Crippen LogP contribution in [0.2, 0.25) is 0 Å². The molecule has 1 amide bonds. The molecule has 32 heavy (non-hydrogen) atoms. The van der Waals surface area contributed by atoms with Gasteiger partial charge in [0.05, 0.1) is 5.39 Å². The van der Waals surface area contributed by atoms with Gasteiger partial charge in [-0.2, -0.15) is 13.2 Å². The van der Waals surface area contributed by atoms with Gasteiger partial charge in [0.2, 0.25) is 5.91 Å². The zero-order valence-electron chi connectivity index (χ0n) is 17.1. The Balaban J connectivity index is 1.48. The highest BCUT2D eigenvalue weighted by Gasteiger charge is 2.40. The number of hydrogen-bond acceptors (Lipinski definition) is 4. The number of nitrogens with one attached hydrogen (secondary N) is 1. The first kappa shape index (κ1) is 20.7. The zero-order valence-corrected chi connectivity index (χ0v) is 17.1. The molecular formula is C23H21F3N4O2. The van der Waals surface area contributed by atoms with E-state index in [0.717, 1.165) is 29.9 Å². The molecule has 2 fully saturated rings. The Kier molecular flexibility index (Phi) is 4.98. The molecule has 2 heterocycles. The minimum Gasteiger partial charge on any atom is -0.273 e. The number of amides is 1. The lowest BCUT2D eigenvalue weighted by atomic mass is 9.86. The van der Waals surface area contributed by atoms with E-state index in [1.165, 1.54) is 18.9 Å². The van der Waals surface area contributed by atoms with Crippen molar-refractivity contribution in [3.63, 3.8) is 0 Å². The van der Waals surface area contributed by atoms with Crippen LogP contribution in [0.1, 0.15) is 37.8 Å². The lowest BCUT2D eigenvalue weighted by molar-refractivity contribution is -0.141. The number of alkyl halides is 3. The molecule has 9 heteroatoms. The van der Waals surface area contributed by atoms with Crippen molar-refractivity contribution in [2.75, 3.05) is 5.43 Å². The third kappa shape index (κ3) is 3.76. The smallest absolute Gasteiger partial charge is 0.273 e. The van der Waals surface area contributed by atoms with Crippen LogP contribution in [0.4, 0.5) is 13.2 Å². The van der Waals surface area contributed by atoms with Crippen LogP contribution in [0, 0.1) is 17.8 Å². The maximum absolute atomic E-state index is 12.9. The van der Waals surface area contributed by atoms with Crippen LogP contribution in [0.15, 0.2) is 47.4 Å². The maximum atomic E-state index is 12.9. The standard InChI is InChI=1S/C23H21F3N4O2/c24-23(25,26)19-8-7-15(12-27-19)21-17-3-1-2-4-18(17)22(32)30(29-21)28-20(31)11-16-10-13-5-6-14(16)9-13/h1-4,7-8,12-14,16H,5-6,9-11H2,(H,28,31). The Bertz CT molecular complexity index is 1240. The SMILES string of the molecule is O=C(CC1CC2CCC1C2)Nn1nc(-c2ccc(C(F)(F)F)nc2)c2ccccc2c1=O. The van der Waals surface area contributed by atoms with E-state index >= 15 is 0 Å². The summed E-state index contributed by atoms with van der Waals surface area (Å²) in [5, 5.41) is 5.05. The van der Waals surface area contributed by atoms with E-state index in [1.54, 1.807) is 24.3 Å². The van der Waals surface area contributed by atoms with Crippen molar-refractivity contribution in [2.24, 2.45) is 17.8 Å². The zero-order chi connectivity index (χ0) is 22.5. The van der Waals surface area contributed by atoms with E-state index in [1.807, 2.05) is 0 Å². The van der Waals surface area contributed by atoms with Gasteiger partial charge in [0.1, 0.15) is 11.4 Å². The summed E-state index contributed by atoms with van der Waals surface area (Å²) in [6.07, 6.45) is 1.46. The van der Waals surface area contributed by atoms with Crippen LogP contribution in [-0.4, -0.2) is 20.8 Å². The Hall–Kier alpha value is -3.23. The van der Waals surface area contributed by atoms with Gasteiger partial charge in [0.25, 0.3) is 5.56 Å². The van der Waals surface area contributed by atoms with Crippen molar-refractivity contribution in [3.05, 3.63) is 58.6 Å². The highest BCUT2D eigenvalue weighted by Crippen LogP contribution is 2.49. The number of benzene rings is 1. The van der Waals surface area contributed by atoms with Gasteiger partial charge in [0.15, 0.2) is 0 Å². The van der Waals surface area contributed by atoms with Crippen molar-refractivity contribution < 1.29 is 18.0 Å². The average molecular weight is 442 g/mol. The second-order valence-corrected chi connectivity index (χ2v) is 8.72. The minimum atomic E-state index is -4.56. The number of aromatic nitrogens is 3. The first-order valence-electron chi connectivity index (χ1n) is 10.6. The maximum Gasteiger partial charge on any atom is 0.433 e. The number of halogens is 3. The van der Waals surface area contributed by atoms with E-state index in [-0.39, 0.29) is 11.6 Å². The number of fused-ring (bicyclic) bond motifs is 3. The molecule has 3 aromatic rings. The number of carbonyl (C=O) groups is 1. The van der Waals surface area contributed by atoms with Gasteiger partial charge in [-0.3, -0.25) is 14.6 Å². The summed E-state index contributed by atoms with van der Waals surface area (Å²) in [7, 11) is 0. The quantitative estimate of drug-likeness (QED) is 0.651. The van der Waals surface area contributed by atoms with Crippen LogP contribution in [0.3, 0.4) is 0 Å². The summed E-state index contributed by atoms with van der Waals surface area (Å²) in [4.78, 5) is 30.0. The third-order valence-electron chi connectivity index (χ3n) is 6.70. The van der Waals surface area contributed by atoms with E-state index in [9.17, 15) is 22.8 Å².